The summed E-state index contributed by atoms with van der Waals surface area (Å²) in [5, 5.41) is 2.56. The van der Waals surface area contributed by atoms with Gasteiger partial charge in [0, 0.05) is 18.3 Å². The fourth-order valence-corrected chi connectivity index (χ4v) is 2.56. The molecule has 0 aliphatic carbocycles. The number of anilines is 1. The van der Waals surface area contributed by atoms with Crippen molar-refractivity contribution in [1.29, 1.82) is 0 Å². The maximum Gasteiger partial charge on any atom is 0.339 e. The standard InChI is InChI=1S/C18H19FN2O4/c1-9-5-6-12(7-13(9)19)20-15(23)8-14-16(18(24)25-4)10(2)17(21-14)11(3)22/h5-7,21H,8H2,1-4H3,(H,20,23). The number of methoxy groups -OCH3 is 1. The van der Waals surface area contributed by atoms with Gasteiger partial charge in [0.25, 0.3) is 0 Å². The second-order valence-electron chi connectivity index (χ2n) is 5.72. The van der Waals surface area contributed by atoms with Gasteiger partial charge in [0.15, 0.2) is 5.78 Å². The zero-order chi connectivity index (χ0) is 18.7. The van der Waals surface area contributed by atoms with Crippen LogP contribution < -0.4 is 5.32 Å². The first-order valence-electron chi connectivity index (χ1n) is 7.61. The number of carbonyl (C=O) groups is 3. The second-order valence-corrected chi connectivity index (χ2v) is 5.72. The van der Waals surface area contributed by atoms with E-state index in [0.29, 0.717) is 16.8 Å². The lowest BCUT2D eigenvalue weighted by Crippen LogP contribution is -2.17. The number of ether oxygens (including phenoxy) is 1. The van der Waals surface area contributed by atoms with Crippen molar-refractivity contribution in [2.45, 2.75) is 27.2 Å². The molecule has 0 saturated heterocycles. The number of Topliss-reactive ketones (excluding diaryl/α,β-unsaturated/α-hetero) is 1. The molecule has 2 N–H and O–H groups in total. The van der Waals surface area contributed by atoms with Gasteiger partial charge in [-0.2, -0.15) is 0 Å². The number of rotatable bonds is 5. The number of carbonyl (C=O) groups excluding carboxylic acids is 3. The van der Waals surface area contributed by atoms with Crippen LogP contribution >= 0.6 is 0 Å². The van der Waals surface area contributed by atoms with Gasteiger partial charge in [0.2, 0.25) is 5.91 Å². The van der Waals surface area contributed by atoms with E-state index in [9.17, 15) is 18.8 Å². The maximum atomic E-state index is 13.6. The van der Waals surface area contributed by atoms with E-state index in [4.69, 9.17) is 4.74 Å². The highest BCUT2D eigenvalue weighted by molar-refractivity contribution is 6.02. The molecule has 0 fully saturated rings. The fourth-order valence-electron chi connectivity index (χ4n) is 2.56. The predicted molar refractivity (Wildman–Crippen MR) is 90.3 cm³/mol. The van der Waals surface area contributed by atoms with E-state index in [1.54, 1.807) is 26.0 Å². The molecule has 132 valence electrons. The molecule has 0 saturated carbocycles. The molecule has 0 aliphatic rings. The van der Waals surface area contributed by atoms with Crippen LogP contribution in [0.15, 0.2) is 18.2 Å². The van der Waals surface area contributed by atoms with Crippen molar-refractivity contribution in [3.05, 3.63) is 52.1 Å². The summed E-state index contributed by atoms with van der Waals surface area (Å²) in [4.78, 5) is 38.7. The highest BCUT2D eigenvalue weighted by atomic mass is 19.1. The molecule has 0 bridgehead atoms. The van der Waals surface area contributed by atoms with Crippen LogP contribution in [0.5, 0.6) is 0 Å². The van der Waals surface area contributed by atoms with Crippen molar-refractivity contribution in [2.24, 2.45) is 0 Å². The predicted octanol–water partition coefficient (Wildman–Crippen LogP) is 2.94. The lowest BCUT2D eigenvalue weighted by molar-refractivity contribution is -0.115. The summed E-state index contributed by atoms with van der Waals surface area (Å²) in [7, 11) is 1.22. The number of ketones is 1. The van der Waals surface area contributed by atoms with E-state index < -0.39 is 17.7 Å². The molecule has 7 heteroatoms. The van der Waals surface area contributed by atoms with Crippen LogP contribution in [0.1, 0.15) is 44.6 Å². The Morgan fingerprint density at radius 3 is 2.48 bits per heavy atom. The number of halogens is 1. The van der Waals surface area contributed by atoms with E-state index in [1.807, 2.05) is 0 Å². The van der Waals surface area contributed by atoms with E-state index >= 15 is 0 Å². The molecule has 6 nitrogen and oxygen atoms in total. The quantitative estimate of drug-likeness (QED) is 0.643. The zero-order valence-electron chi connectivity index (χ0n) is 14.5. The van der Waals surface area contributed by atoms with Crippen molar-refractivity contribution in [3.8, 4) is 0 Å². The molecule has 25 heavy (non-hydrogen) atoms. The molecule has 0 aliphatic heterocycles. The smallest absolute Gasteiger partial charge is 0.339 e. The fraction of sp³-hybridized carbons (Fsp3) is 0.278. The Bertz CT molecular complexity index is 855. The lowest BCUT2D eigenvalue weighted by Gasteiger charge is -2.07. The van der Waals surface area contributed by atoms with Crippen LogP contribution in [-0.4, -0.2) is 29.8 Å². The molecule has 2 aromatic rings. The van der Waals surface area contributed by atoms with E-state index in [0.717, 1.165) is 0 Å². The molecule has 1 aromatic heterocycles. The molecule has 0 atom stereocenters. The molecule has 1 amide bonds. The van der Waals surface area contributed by atoms with Gasteiger partial charge in [-0.3, -0.25) is 9.59 Å². The number of benzene rings is 1. The average molecular weight is 346 g/mol. The van der Waals surface area contributed by atoms with E-state index in [-0.39, 0.29) is 29.2 Å². The van der Waals surface area contributed by atoms with Crippen LogP contribution in [0.2, 0.25) is 0 Å². The molecular formula is C18H19FN2O4. The first kappa shape index (κ1) is 18.4. The Morgan fingerprint density at radius 1 is 1.24 bits per heavy atom. The topological polar surface area (TPSA) is 88.3 Å². The Kier molecular flexibility index (Phi) is 5.36. The summed E-state index contributed by atoms with van der Waals surface area (Å²) in [5.41, 5.74) is 1.91. The molecule has 2 rings (SSSR count). The van der Waals surface area contributed by atoms with Crippen LogP contribution in [0.3, 0.4) is 0 Å². The van der Waals surface area contributed by atoms with Crippen molar-refractivity contribution >= 4 is 23.3 Å². The Labute approximate surface area is 144 Å². The SMILES string of the molecule is COC(=O)c1c(CC(=O)Nc2ccc(C)c(F)c2)[nH]c(C(C)=O)c1C. The van der Waals surface area contributed by atoms with Gasteiger partial charge < -0.3 is 15.0 Å². The Hall–Kier alpha value is -2.96. The van der Waals surface area contributed by atoms with Gasteiger partial charge in [-0.05, 0) is 37.1 Å². The molecule has 0 spiro atoms. The summed E-state index contributed by atoms with van der Waals surface area (Å²) >= 11 is 0. The largest absolute Gasteiger partial charge is 0.465 e. The summed E-state index contributed by atoms with van der Waals surface area (Å²) in [6.07, 6.45) is -0.186. The third-order valence-electron chi connectivity index (χ3n) is 3.86. The lowest BCUT2D eigenvalue weighted by atomic mass is 10.1. The van der Waals surface area contributed by atoms with Crippen molar-refractivity contribution in [1.82, 2.24) is 4.98 Å². The van der Waals surface area contributed by atoms with Crippen molar-refractivity contribution in [2.75, 3.05) is 12.4 Å². The number of nitrogens with one attached hydrogen (secondary N) is 2. The third-order valence-corrected chi connectivity index (χ3v) is 3.86. The number of hydrogen-bond donors (Lipinski definition) is 2. The zero-order valence-corrected chi connectivity index (χ0v) is 14.5. The third kappa shape index (κ3) is 3.93. The van der Waals surface area contributed by atoms with Gasteiger partial charge in [0.05, 0.1) is 24.8 Å². The second kappa shape index (κ2) is 7.29. The van der Waals surface area contributed by atoms with Gasteiger partial charge in [-0.1, -0.05) is 6.07 Å². The number of H-pyrrole nitrogens is 1. The monoisotopic (exact) mass is 346 g/mol. The Morgan fingerprint density at radius 2 is 1.92 bits per heavy atom. The minimum atomic E-state index is -0.634. The number of amides is 1. The highest BCUT2D eigenvalue weighted by Crippen LogP contribution is 2.21. The van der Waals surface area contributed by atoms with Crippen LogP contribution in [0, 0.1) is 19.7 Å². The molecule has 0 unspecified atom stereocenters. The van der Waals surface area contributed by atoms with Crippen LogP contribution in [0.4, 0.5) is 10.1 Å². The van der Waals surface area contributed by atoms with E-state index in [1.165, 1.54) is 20.1 Å². The minimum absolute atomic E-state index is 0.165. The Balaban J connectivity index is 2.27. The van der Waals surface area contributed by atoms with Gasteiger partial charge in [-0.25, -0.2) is 9.18 Å². The highest BCUT2D eigenvalue weighted by Gasteiger charge is 2.24. The minimum Gasteiger partial charge on any atom is -0.465 e. The van der Waals surface area contributed by atoms with E-state index in [2.05, 4.69) is 10.3 Å². The first-order chi connectivity index (χ1) is 11.7. The normalized spacial score (nSPS) is 10.4. The number of aromatic nitrogens is 1. The first-order valence-corrected chi connectivity index (χ1v) is 7.61. The van der Waals surface area contributed by atoms with Crippen molar-refractivity contribution in [3.63, 3.8) is 0 Å². The molecular weight excluding hydrogens is 327 g/mol. The maximum absolute atomic E-state index is 13.6. The number of hydrogen-bond acceptors (Lipinski definition) is 4. The summed E-state index contributed by atoms with van der Waals surface area (Å²) < 4.78 is 18.3. The van der Waals surface area contributed by atoms with Crippen molar-refractivity contribution < 1.29 is 23.5 Å². The average Bonchev–Trinajstić information content (AvgIpc) is 2.86. The van der Waals surface area contributed by atoms with Gasteiger partial charge >= 0.3 is 5.97 Å². The summed E-state index contributed by atoms with van der Waals surface area (Å²) in [6.45, 7) is 4.59. The number of aryl methyl sites for hydroxylation is 1. The van der Waals surface area contributed by atoms with Gasteiger partial charge in [-0.15, -0.1) is 0 Å². The molecule has 0 radical (unpaired) electrons. The summed E-state index contributed by atoms with van der Waals surface area (Å²) in [5.74, 6) is -1.77. The molecule has 1 aromatic carbocycles. The molecule has 1 heterocycles. The van der Waals surface area contributed by atoms with Crippen LogP contribution in [0.25, 0.3) is 0 Å². The van der Waals surface area contributed by atoms with Gasteiger partial charge in [0.1, 0.15) is 5.82 Å². The summed E-state index contributed by atoms with van der Waals surface area (Å²) in [6, 6.07) is 4.35. The number of aromatic amines is 1. The number of esters is 1. The van der Waals surface area contributed by atoms with Crippen LogP contribution in [-0.2, 0) is 16.0 Å².